The van der Waals surface area contributed by atoms with E-state index in [1.54, 1.807) is 22.8 Å². The Morgan fingerprint density at radius 3 is 2.58 bits per heavy atom. The number of fused-ring (bicyclic) bond motifs is 1. The summed E-state index contributed by atoms with van der Waals surface area (Å²) in [6.07, 6.45) is 8.22. The smallest absolute Gasteiger partial charge is 0.214 e. The number of sulfonamides is 1. The van der Waals surface area contributed by atoms with Gasteiger partial charge in [0.25, 0.3) is 0 Å². The van der Waals surface area contributed by atoms with Gasteiger partial charge >= 0.3 is 0 Å². The lowest BCUT2D eigenvalue weighted by Crippen LogP contribution is -2.41. The molecule has 1 fully saturated rings. The number of aromatic nitrogens is 3. The molecule has 0 N–H and O–H groups in total. The molecule has 33 heavy (non-hydrogen) atoms. The van der Waals surface area contributed by atoms with Gasteiger partial charge in [-0.2, -0.15) is 0 Å². The zero-order valence-electron chi connectivity index (χ0n) is 19.2. The lowest BCUT2D eigenvalue weighted by molar-refractivity contribution is 0.0107. The maximum absolute atomic E-state index is 12.7. The van der Waals surface area contributed by atoms with E-state index in [0.717, 1.165) is 60.1 Å². The van der Waals surface area contributed by atoms with Gasteiger partial charge < -0.3 is 4.74 Å². The molecule has 1 aliphatic rings. The van der Waals surface area contributed by atoms with Crippen molar-refractivity contribution in [1.29, 1.82) is 0 Å². The molecule has 1 aliphatic heterocycles. The van der Waals surface area contributed by atoms with Gasteiger partial charge in [-0.05, 0) is 56.4 Å². The van der Waals surface area contributed by atoms with Crippen molar-refractivity contribution >= 4 is 20.9 Å². The van der Waals surface area contributed by atoms with Gasteiger partial charge in [0.15, 0.2) is 0 Å². The Kier molecular flexibility index (Phi) is 8.01. The predicted octanol–water partition coefficient (Wildman–Crippen LogP) is 4.06. The minimum absolute atomic E-state index is 0.0783. The predicted molar refractivity (Wildman–Crippen MR) is 129 cm³/mol. The van der Waals surface area contributed by atoms with Gasteiger partial charge in [0.1, 0.15) is 5.82 Å². The average molecular weight is 469 g/mol. The third-order valence-electron chi connectivity index (χ3n) is 6.12. The molecule has 3 heterocycles. The van der Waals surface area contributed by atoms with Crippen LogP contribution in [0.2, 0.25) is 0 Å². The molecule has 0 radical (unpaired) electrons. The number of piperidine rings is 1. The fraction of sp³-hybridized carbons (Fsp3) is 0.480. The molecular weight excluding hydrogens is 436 g/mol. The Hall–Kier alpha value is -2.42. The summed E-state index contributed by atoms with van der Waals surface area (Å²) in [5.41, 5.74) is 3.09. The summed E-state index contributed by atoms with van der Waals surface area (Å²) in [6.45, 7) is 3.57. The maximum atomic E-state index is 12.7. The second-order valence-electron chi connectivity index (χ2n) is 8.64. The summed E-state index contributed by atoms with van der Waals surface area (Å²) in [6, 6.07) is 12.0. The van der Waals surface area contributed by atoms with E-state index in [1.165, 1.54) is 0 Å². The molecule has 0 spiro atoms. The fourth-order valence-electron chi connectivity index (χ4n) is 4.33. The van der Waals surface area contributed by atoms with Crippen LogP contribution in [0.1, 0.15) is 49.2 Å². The number of pyridine rings is 1. The summed E-state index contributed by atoms with van der Waals surface area (Å²) >= 11 is 0. The fourth-order valence-corrected chi connectivity index (χ4v) is 5.93. The first kappa shape index (κ1) is 23.7. The molecule has 0 saturated carbocycles. The van der Waals surface area contributed by atoms with Crippen molar-refractivity contribution in [2.45, 2.75) is 58.2 Å². The molecule has 0 bridgehead atoms. The summed E-state index contributed by atoms with van der Waals surface area (Å²) < 4.78 is 33.3. The van der Waals surface area contributed by atoms with Crippen LogP contribution < -0.4 is 0 Å². The van der Waals surface area contributed by atoms with Crippen LogP contribution >= 0.6 is 0 Å². The topological polar surface area (TPSA) is 85.3 Å². The second kappa shape index (κ2) is 11.1. The number of nitrogens with zero attached hydrogens (tertiary/aromatic N) is 4. The molecule has 0 atom stereocenters. The van der Waals surface area contributed by atoms with Crippen LogP contribution in [-0.2, 0) is 27.8 Å². The van der Waals surface area contributed by atoms with Gasteiger partial charge in [0.2, 0.25) is 10.0 Å². The van der Waals surface area contributed by atoms with Crippen molar-refractivity contribution < 1.29 is 13.2 Å². The number of para-hydroxylation sites is 1. The molecule has 1 saturated heterocycles. The van der Waals surface area contributed by atoms with Gasteiger partial charge in [0, 0.05) is 43.0 Å². The van der Waals surface area contributed by atoms with Crippen LogP contribution in [0.3, 0.4) is 0 Å². The number of benzene rings is 1. The first-order chi connectivity index (χ1) is 16.0. The highest BCUT2D eigenvalue weighted by atomic mass is 32.2. The highest BCUT2D eigenvalue weighted by Crippen LogP contribution is 2.23. The summed E-state index contributed by atoms with van der Waals surface area (Å²) in [5, 5.41) is 1.11. The molecule has 2 aromatic heterocycles. The van der Waals surface area contributed by atoms with E-state index in [0.29, 0.717) is 26.1 Å². The van der Waals surface area contributed by atoms with Gasteiger partial charge in [-0.15, -0.1) is 0 Å². The highest BCUT2D eigenvalue weighted by Gasteiger charge is 2.28. The number of hydrogen-bond donors (Lipinski definition) is 0. The average Bonchev–Trinajstić information content (AvgIpc) is 2.83. The molecule has 0 amide bonds. The normalized spacial score (nSPS) is 15.8. The Bertz CT molecular complexity index is 1150. The van der Waals surface area contributed by atoms with Crippen molar-refractivity contribution in [3.05, 3.63) is 65.9 Å². The zero-order chi connectivity index (χ0) is 23.1. The van der Waals surface area contributed by atoms with E-state index >= 15 is 0 Å². The minimum atomic E-state index is -3.22. The zero-order valence-corrected chi connectivity index (χ0v) is 20.0. The summed E-state index contributed by atoms with van der Waals surface area (Å²) in [4.78, 5) is 13.0. The third kappa shape index (κ3) is 6.56. The third-order valence-corrected chi connectivity index (χ3v) is 8.08. The van der Waals surface area contributed by atoms with Crippen molar-refractivity contribution in [1.82, 2.24) is 19.3 Å². The van der Waals surface area contributed by atoms with Gasteiger partial charge in [-0.25, -0.2) is 22.7 Å². The van der Waals surface area contributed by atoms with Crippen molar-refractivity contribution in [2.24, 2.45) is 0 Å². The van der Waals surface area contributed by atoms with Gasteiger partial charge in [-0.3, -0.25) is 4.98 Å². The summed E-state index contributed by atoms with van der Waals surface area (Å²) in [5.74, 6) is 1.02. The van der Waals surface area contributed by atoms with E-state index < -0.39 is 10.0 Å². The number of unbranched alkanes of at least 4 members (excludes halogenated alkanes) is 2. The maximum Gasteiger partial charge on any atom is 0.214 e. The quantitative estimate of drug-likeness (QED) is 0.417. The van der Waals surface area contributed by atoms with Crippen LogP contribution in [-0.4, -0.2) is 52.6 Å². The van der Waals surface area contributed by atoms with Crippen molar-refractivity contribution in [3.63, 3.8) is 0 Å². The van der Waals surface area contributed by atoms with Crippen molar-refractivity contribution in [3.8, 4) is 0 Å². The van der Waals surface area contributed by atoms with Gasteiger partial charge in [-0.1, -0.05) is 24.6 Å². The Balaban J connectivity index is 1.20. The summed E-state index contributed by atoms with van der Waals surface area (Å²) in [7, 11) is -3.22. The van der Waals surface area contributed by atoms with Crippen LogP contribution in [0.5, 0.6) is 0 Å². The van der Waals surface area contributed by atoms with Gasteiger partial charge in [0.05, 0.1) is 24.0 Å². The molecule has 0 aliphatic carbocycles. The minimum Gasteiger partial charge on any atom is -0.373 e. The van der Waals surface area contributed by atoms with E-state index in [1.807, 2.05) is 25.1 Å². The Labute approximate surface area is 196 Å². The molecular formula is C25H32N4O3S. The first-order valence-electron chi connectivity index (χ1n) is 11.7. The number of ether oxygens (including phenoxy) is 1. The molecule has 176 valence electrons. The van der Waals surface area contributed by atoms with Crippen molar-refractivity contribution in [2.75, 3.05) is 18.8 Å². The SMILES string of the molecule is Cc1cc(COC2CCN(S(=O)(=O)CCCCCc3ncccn3)CC2)c2ccccc2n1. The molecule has 1 aromatic carbocycles. The number of rotatable bonds is 10. The van der Waals surface area contributed by atoms with Crippen LogP contribution in [0.4, 0.5) is 0 Å². The lowest BCUT2D eigenvalue weighted by atomic mass is 10.1. The number of aryl methyl sites for hydroxylation is 2. The van der Waals surface area contributed by atoms with E-state index in [4.69, 9.17) is 4.74 Å². The highest BCUT2D eigenvalue weighted by molar-refractivity contribution is 7.89. The standard InChI is InChI=1S/C25H32N4O3S/c1-20-18-21(23-8-4-5-9-24(23)28-20)19-32-22-11-15-29(16-12-22)33(30,31)17-6-2-3-10-25-26-13-7-14-27-25/h4-5,7-9,13-14,18,22H,2-3,6,10-12,15-17,19H2,1H3. The largest absolute Gasteiger partial charge is 0.373 e. The first-order valence-corrected chi connectivity index (χ1v) is 13.3. The molecule has 4 rings (SSSR count). The Morgan fingerprint density at radius 1 is 1.03 bits per heavy atom. The van der Waals surface area contributed by atoms with Crippen LogP contribution in [0.15, 0.2) is 48.8 Å². The lowest BCUT2D eigenvalue weighted by Gasteiger charge is -2.31. The van der Waals surface area contributed by atoms with E-state index in [-0.39, 0.29) is 11.9 Å². The molecule has 0 unspecified atom stereocenters. The number of hydrogen-bond acceptors (Lipinski definition) is 6. The molecule has 8 heteroatoms. The monoisotopic (exact) mass is 468 g/mol. The second-order valence-corrected chi connectivity index (χ2v) is 10.7. The van der Waals surface area contributed by atoms with Crippen LogP contribution in [0.25, 0.3) is 10.9 Å². The van der Waals surface area contributed by atoms with Crippen LogP contribution in [0, 0.1) is 6.92 Å². The molecule has 7 nitrogen and oxygen atoms in total. The Morgan fingerprint density at radius 2 is 1.79 bits per heavy atom. The van der Waals surface area contributed by atoms with E-state index in [2.05, 4.69) is 27.1 Å². The molecule has 3 aromatic rings. The van der Waals surface area contributed by atoms with E-state index in [9.17, 15) is 8.42 Å².